The Morgan fingerprint density at radius 3 is 2.47 bits per heavy atom. The van der Waals surface area contributed by atoms with Crippen LogP contribution in [0, 0.1) is 15.5 Å². The van der Waals surface area contributed by atoms with E-state index in [2.05, 4.69) is 36.1 Å². The van der Waals surface area contributed by atoms with Gasteiger partial charge in [-0.3, -0.25) is 10.1 Å². The van der Waals surface area contributed by atoms with Gasteiger partial charge in [0, 0.05) is 20.1 Å². The van der Waals surface area contributed by atoms with Gasteiger partial charge >= 0.3 is 5.69 Å². The fourth-order valence-electron chi connectivity index (χ4n) is 1.64. The molecule has 0 aromatic carbocycles. The summed E-state index contributed by atoms with van der Waals surface area (Å²) < 4.78 is 0. The highest BCUT2D eigenvalue weighted by Crippen LogP contribution is 2.31. The number of hydrogen-bond acceptors (Lipinski definition) is 6. The topological polar surface area (TPSA) is 84.2 Å². The van der Waals surface area contributed by atoms with E-state index < -0.39 is 4.92 Å². The first-order valence-electron chi connectivity index (χ1n) is 6.10. The predicted molar refractivity (Wildman–Crippen MR) is 75.6 cm³/mol. The van der Waals surface area contributed by atoms with E-state index in [-0.39, 0.29) is 17.1 Å². The van der Waals surface area contributed by atoms with Gasteiger partial charge < -0.3 is 10.2 Å². The van der Waals surface area contributed by atoms with E-state index in [1.807, 2.05) is 18.9 Å². The summed E-state index contributed by atoms with van der Waals surface area (Å²) in [6.07, 6.45) is 1.24. The van der Waals surface area contributed by atoms with Gasteiger partial charge in [0.1, 0.15) is 6.20 Å². The SMILES string of the molecule is CNc1ncc([N+](=O)[O-])c(N(C)C(C)C(C)(C)C)n1. The largest absolute Gasteiger partial charge is 0.357 e. The van der Waals surface area contributed by atoms with Crippen LogP contribution in [0.4, 0.5) is 17.5 Å². The van der Waals surface area contributed by atoms with Crippen molar-refractivity contribution in [1.29, 1.82) is 0 Å². The maximum atomic E-state index is 11.1. The molecule has 0 amide bonds. The van der Waals surface area contributed by atoms with Crippen LogP contribution in [0.25, 0.3) is 0 Å². The van der Waals surface area contributed by atoms with Crippen LogP contribution in [-0.2, 0) is 0 Å². The second-order valence-corrected chi connectivity index (χ2v) is 5.56. The maximum absolute atomic E-state index is 11.1. The van der Waals surface area contributed by atoms with Gasteiger partial charge in [0.15, 0.2) is 0 Å². The molecule has 1 unspecified atom stereocenters. The van der Waals surface area contributed by atoms with E-state index in [0.29, 0.717) is 11.8 Å². The minimum atomic E-state index is -0.458. The van der Waals surface area contributed by atoms with Gasteiger partial charge in [-0.2, -0.15) is 4.98 Å². The smallest absolute Gasteiger partial charge is 0.329 e. The molecule has 19 heavy (non-hydrogen) atoms. The summed E-state index contributed by atoms with van der Waals surface area (Å²) in [5.74, 6) is 0.695. The molecule has 1 aromatic rings. The molecule has 1 atom stereocenters. The molecule has 1 heterocycles. The molecule has 106 valence electrons. The normalized spacial score (nSPS) is 12.9. The Balaban J connectivity index is 3.26. The van der Waals surface area contributed by atoms with Gasteiger partial charge in [-0.1, -0.05) is 20.8 Å². The van der Waals surface area contributed by atoms with E-state index in [1.165, 1.54) is 6.20 Å². The summed E-state index contributed by atoms with van der Waals surface area (Å²) in [6.45, 7) is 8.27. The van der Waals surface area contributed by atoms with Crippen molar-refractivity contribution in [3.63, 3.8) is 0 Å². The zero-order valence-electron chi connectivity index (χ0n) is 12.3. The lowest BCUT2D eigenvalue weighted by Gasteiger charge is -2.35. The fourth-order valence-corrected chi connectivity index (χ4v) is 1.64. The second kappa shape index (κ2) is 5.38. The summed E-state index contributed by atoms with van der Waals surface area (Å²) in [5.41, 5.74) is -0.106. The summed E-state index contributed by atoms with van der Waals surface area (Å²) in [4.78, 5) is 20.5. The van der Waals surface area contributed by atoms with E-state index in [9.17, 15) is 10.1 Å². The van der Waals surface area contributed by atoms with Crippen LogP contribution in [0.3, 0.4) is 0 Å². The molecule has 0 fully saturated rings. The lowest BCUT2D eigenvalue weighted by molar-refractivity contribution is -0.384. The van der Waals surface area contributed by atoms with Gasteiger partial charge in [-0.25, -0.2) is 4.98 Å². The third-order valence-electron chi connectivity index (χ3n) is 3.34. The molecule has 0 aliphatic rings. The monoisotopic (exact) mass is 267 g/mol. The molecular formula is C12H21N5O2. The van der Waals surface area contributed by atoms with Crippen molar-refractivity contribution >= 4 is 17.5 Å². The Morgan fingerprint density at radius 2 is 2.05 bits per heavy atom. The third-order valence-corrected chi connectivity index (χ3v) is 3.34. The molecule has 0 aliphatic heterocycles. The van der Waals surface area contributed by atoms with Gasteiger partial charge in [-0.15, -0.1) is 0 Å². The van der Waals surface area contributed by atoms with Gasteiger partial charge in [0.2, 0.25) is 11.8 Å². The molecule has 0 bridgehead atoms. The Morgan fingerprint density at radius 1 is 1.47 bits per heavy atom. The quantitative estimate of drug-likeness (QED) is 0.665. The van der Waals surface area contributed by atoms with Crippen LogP contribution >= 0.6 is 0 Å². The molecule has 1 aromatic heterocycles. The van der Waals surface area contributed by atoms with E-state index in [0.717, 1.165) is 0 Å². The Labute approximate surface area is 113 Å². The van der Waals surface area contributed by atoms with Crippen molar-refractivity contribution in [2.75, 3.05) is 24.3 Å². The highest BCUT2D eigenvalue weighted by atomic mass is 16.6. The summed E-state index contributed by atoms with van der Waals surface area (Å²) in [7, 11) is 3.49. The number of nitrogens with zero attached hydrogens (tertiary/aromatic N) is 4. The Hall–Kier alpha value is -1.92. The lowest BCUT2D eigenvalue weighted by atomic mass is 9.87. The zero-order chi connectivity index (χ0) is 14.8. The number of hydrogen-bond donors (Lipinski definition) is 1. The van der Waals surface area contributed by atoms with Crippen LogP contribution in [-0.4, -0.2) is 35.0 Å². The average molecular weight is 267 g/mol. The van der Waals surface area contributed by atoms with Crippen molar-refractivity contribution in [2.24, 2.45) is 5.41 Å². The second-order valence-electron chi connectivity index (χ2n) is 5.56. The van der Waals surface area contributed by atoms with Crippen molar-refractivity contribution in [3.8, 4) is 0 Å². The first kappa shape index (κ1) is 15.1. The number of nitrogens with one attached hydrogen (secondary N) is 1. The minimum Gasteiger partial charge on any atom is -0.357 e. The Kier molecular flexibility index (Phi) is 4.28. The van der Waals surface area contributed by atoms with Crippen molar-refractivity contribution in [3.05, 3.63) is 16.3 Å². The van der Waals surface area contributed by atoms with E-state index in [4.69, 9.17) is 0 Å². The standard InChI is InChI=1S/C12H21N5O2/c1-8(12(2,3)4)16(6)10-9(17(18)19)7-14-11(13-5)15-10/h7-8H,1-6H3,(H,13,14,15). The first-order valence-corrected chi connectivity index (χ1v) is 6.10. The highest BCUT2D eigenvalue weighted by Gasteiger charge is 2.29. The van der Waals surface area contributed by atoms with Gasteiger partial charge in [0.25, 0.3) is 0 Å². The maximum Gasteiger partial charge on any atom is 0.329 e. The van der Waals surface area contributed by atoms with Crippen LogP contribution in [0.1, 0.15) is 27.7 Å². The zero-order valence-corrected chi connectivity index (χ0v) is 12.3. The molecule has 0 radical (unpaired) electrons. The summed E-state index contributed by atoms with van der Waals surface area (Å²) in [6, 6.07) is 0.0887. The molecule has 7 heteroatoms. The molecule has 0 aliphatic carbocycles. The minimum absolute atomic E-state index is 0.0205. The van der Waals surface area contributed by atoms with Crippen LogP contribution in [0.15, 0.2) is 6.20 Å². The van der Waals surface area contributed by atoms with Crippen LogP contribution in [0.5, 0.6) is 0 Å². The lowest BCUT2D eigenvalue weighted by Crippen LogP contribution is -2.40. The van der Waals surface area contributed by atoms with Crippen molar-refractivity contribution < 1.29 is 4.92 Å². The summed E-state index contributed by atoms with van der Waals surface area (Å²) >= 11 is 0. The van der Waals surface area contributed by atoms with Crippen LogP contribution in [0.2, 0.25) is 0 Å². The molecule has 0 saturated heterocycles. The van der Waals surface area contributed by atoms with Crippen LogP contribution < -0.4 is 10.2 Å². The van der Waals surface area contributed by atoms with E-state index in [1.54, 1.807) is 7.05 Å². The molecular weight excluding hydrogens is 246 g/mol. The average Bonchev–Trinajstić information content (AvgIpc) is 2.34. The van der Waals surface area contributed by atoms with Gasteiger partial charge in [0.05, 0.1) is 4.92 Å². The predicted octanol–water partition coefficient (Wildman–Crippen LogP) is 2.30. The molecule has 1 rings (SSSR count). The molecule has 7 nitrogen and oxygen atoms in total. The van der Waals surface area contributed by atoms with E-state index >= 15 is 0 Å². The Bertz CT molecular complexity index is 470. The molecule has 1 N–H and O–H groups in total. The van der Waals surface area contributed by atoms with Crippen molar-refractivity contribution in [2.45, 2.75) is 33.7 Å². The number of rotatable bonds is 4. The number of aromatic nitrogens is 2. The van der Waals surface area contributed by atoms with Crippen molar-refractivity contribution in [1.82, 2.24) is 9.97 Å². The number of anilines is 2. The third kappa shape index (κ3) is 3.30. The first-order chi connectivity index (χ1) is 8.68. The molecule has 0 saturated carbocycles. The van der Waals surface area contributed by atoms with Gasteiger partial charge in [-0.05, 0) is 12.3 Å². The number of nitro groups is 1. The highest BCUT2D eigenvalue weighted by molar-refractivity contribution is 5.59. The molecule has 0 spiro atoms. The summed E-state index contributed by atoms with van der Waals surface area (Å²) in [5, 5.41) is 13.9. The fraction of sp³-hybridized carbons (Fsp3) is 0.667.